The minimum atomic E-state index is -2.30. The minimum Gasteiger partial charge on any atom is -0.497 e. The Morgan fingerprint density at radius 1 is 0.763 bits per heavy atom. The molecule has 8 nitrogen and oxygen atoms in total. The highest BCUT2D eigenvalue weighted by atomic mass is 31.1. The van der Waals surface area contributed by atoms with E-state index < -0.39 is 15.9 Å². The molecule has 3 aromatic rings. The summed E-state index contributed by atoms with van der Waals surface area (Å²) in [5, 5.41) is 6.89. The van der Waals surface area contributed by atoms with Gasteiger partial charge >= 0.3 is 0 Å². The summed E-state index contributed by atoms with van der Waals surface area (Å²) in [4.78, 5) is 2.05. The van der Waals surface area contributed by atoms with Crippen LogP contribution in [0.25, 0.3) is 0 Å². The fraction of sp³-hybridized carbons (Fsp3) is 0.357. The first-order valence-electron chi connectivity index (χ1n) is 12.2. The van der Waals surface area contributed by atoms with Crippen LogP contribution in [0, 0.1) is 0 Å². The van der Waals surface area contributed by atoms with Gasteiger partial charge in [0.25, 0.3) is 0 Å². The van der Waals surface area contributed by atoms with E-state index in [4.69, 9.17) is 18.9 Å². The van der Waals surface area contributed by atoms with Crippen LogP contribution in [0.2, 0.25) is 0 Å². The molecule has 0 spiro atoms. The van der Waals surface area contributed by atoms with E-state index in [-0.39, 0.29) is 0 Å². The van der Waals surface area contributed by atoms with Gasteiger partial charge in [0.05, 0.1) is 28.4 Å². The van der Waals surface area contributed by atoms with Crippen LogP contribution in [0.1, 0.15) is 0 Å². The predicted molar refractivity (Wildman–Crippen MR) is 161 cm³/mol. The standard InChI is InChI=1S/C28H39N3O5P2/c1-29-15-16-31(4)38(32)27-12-9-20(30(2)3)17-28(27)37(25-13-10-21(33-5)18-23(25)35-7)26-14-11-22(34-6)19-24(26)36-8/h9-14,17-19,29,38H,15-16H2,1-8H3. The third-order valence-electron chi connectivity index (χ3n) is 6.27. The Morgan fingerprint density at radius 2 is 1.32 bits per heavy atom. The quantitative estimate of drug-likeness (QED) is 0.321. The highest BCUT2D eigenvalue weighted by Gasteiger charge is 2.29. The third kappa shape index (κ3) is 6.62. The molecule has 0 aromatic heterocycles. The number of likely N-dealkylation sites (N-methyl/N-ethyl adjacent to an activating group) is 2. The normalized spacial score (nSPS) is 11.9. The number of methoxy groups -OCH3 is 4. The molecule has 0 aliphatic carbocycles. The lowest BCUT2D eigenvalue weighted by atomic mass is 10.3. The third-order valence-corrected chi connectivity index (χ3v) is 10.8. The van der Waals surface area contributed by atoms with Crippen molar-refractivity contribution in [2.24, 2.45) is 0 Å². The van der Waals surface area contributed by atoms with Crippen LogP contribution in [-0.4, -0.2) is 74.4 Å². The van der Waals surface area contributed by atoms with Gasteiger partial charge in [-0.15, -0.1) is 0 Å². The Morgan fingerprint density at radius 3 is 1.76 bits per heavy atom. The summed E-state index contributed by atoms with van der Waals surface area (Å²) in [7, 11) is 10.8. The van der Waals surface area contributed by atoms with Gasteiger partial charge in [-0.2, -0.15) is 0 Å². The molecule has 3 rings (SSSR count). The molecule has 3 aromatic carbocycles. The molecule has 0 aliphatic rings. The average molecular weight is 560 g/mol. The van der Waals surface area contributed by atoms with Crippen molar-refractivity contribution in [3.8, 4) is 23.0 Å². The van der Waals surface area contributed by atoms with Gasteiger partial charge in [0.1, 0.15) is 23.0 Å². The van der Waals surface area contributed by atoms with Crippen molar-refractivity contribution in [3.63, 3.8) is 0 Å². The second-order valence-electron chi connectivity index (χ2n) is 8.84. The summed E-state index contributed by atoms with van der Waals surface area (Å²) in [6, 6.07) is 17.9. The number of anilines is 1. The van der Waals surface area contributed by atoms with Gasteiger partial charge in [-0.05, 0) is 69.8 Å². The number of nitrogens with one attached hydrogen (secondary N) is 1. The topological polar surface area (TPSA) is 72.5 Å². The molecule has 206 valence electrons. The van der Waals surface area contributed by atoms with E-state index in [0.29, 0.717) is 29.5 Å². The maximum Gasteiger partial charge on any atom is 0.167 e. The van der Waals surface area contributed by atoms with E-state index >= 15 is 0 Å². The van der Waals surface area contributed by atoms with Crippen molar-refractivity contribution in [1.82, 2.24) is 9.99 Å². The summed E-state index contributed by atoms with van der Waals surface area (Å²) in [6.45, 7) is 1.41. The number of rotatable bonds is 13. The van der Waals surface area contributed by atoms with Crippen molar-refractivity contribution in [3.05, 3.63) is 54.6 Å². The van der Waals surface area contributed by atoms with Crippen LogP contribution in [0.4, 0.5) is 5.69 Å². The molecule has 0 bridgehead atoms. The van der Waals surface area contributed by atoms with Crippen LogP contribution >= 0.6 is 15.9 Å². The molecule has 0 heterocycles. The van der Waals surface area contributed by atoms with E-state index in [1.54, 1.807) is 28.4 Å². The van der Waals surface area contributed by atoms with Crippen LogP contribution in [0.3, 0.4) is 0 Å². The monoisotopic (exact) mass is 559 g/mol. The SMILES string of the molecule is CNCCN(C)[PH](=O)c1ccc(N(C)C)cc1P(c1ccc(OC)cc1OC)c1ccc(OC)cc1OC. The van der Waals surface area contributed by atoms with Gasteiger partial charge in [-0.3, -0.25) is 4.67 Å². The predicted octanol–water partition coefficient (Wildman–Crippen LogP) is 2.80. The molecular formula is C28H39N3O5P2. The number of hydrogen-bond acceptors (Lipinski definition) is 7. The lowest BCUT2D eigenvalue weighted by Crippen LogP contribution is -2.34. The van der Waals surface area contributed by atoms with Crippen molar-refractivity contribution in [1.29, 1.82) is 0 Å². The molecule has 1 atom stereocenters. The Labute approximate surface area is 228 Å². The Balaban J connectivity index is 2.37. The van der Waals surface area contributed by atoms with E-state index in [9.17, 15) is 4.57 Å². The van der Waals surface area contributed by atoms with E-state index in [1.807, 2.05) is 81.4 Å². The van der Waals surface area contributed by atoms with Crippen LogP contribution in [0.15, 0.2) is 54.6 Å². The maximum absolute atomic E-state index is 14.0. The smallest absolute Gasteiger partial charge is 0.167 e. The van der Waals surface area contributed by atoms with E-state index in [0.717, 1.165) is 33.5 Å². The van der Waals surface area contributed by atoms with E-state index in [2.05, 4.69) is 16.3 Å². The van der Waals surface area contributed by atoms with Crippen LogP contribution in [0.5, 0.6) is 23.0 Å². The Bertz CT molecular complexity index is 1200. The zero-order valence-electron chi connectivity index (χ0n) is 23.5. The van der Waals surface area contributed by atoms with Gasteiger partial charge in [-0.25, -0.2) is 0 Å². The molecule has 1 N–H and O–H groups in total. The second-order valence-corrected chi connectivity index (χ2v) is 12.9. The molecule has 0 amide bonds. The highest BCUT2D eigenvalue weighted by molar-refractivity contribution is 7.81. The van der Waals surface area contributed by atoms with Gasteiger partial charge in [0, 0.05) is 60.9 Å². The molecular weight excluding hydrogens is 520 g/mol. The Kier molecular flexibility index (Phi) is 10.9. The minimum absolute atomic E-state index is 0.665. The molecule has 0 saturated carbocycles. The first-order chi connectivity index (χ1) is 18.3. The van der Waals surface area contributed by atoms with Gasteiger partial charge < -0.3 is 33.7 Å². The summed E-state index contributed by atoms with van der Waals surface area (Å²) < 4.78 is 38.7. The molecule has 38 heavy (non-hydrogen) atoms. The summed E-state index contributed by atoms with van der Waals surface area (Å²) >= 11 is 0. The number of hydrogen-bond donors (Lipinski definition) is 1. The van der Waals surface area contributed by atoms with Gasteiger partial charge in [0.15, 0.2) is 7.95 Å². The fourth-order valence-electron chi connectivity index (χ4n) is 4.08. The van der Waals surface area contributed by atoms with Gasteiger partial charge in [-0.1, -0.05) is 0 Å². The van der Waals surface area contributed by atoms with E-state index in [1.165, 1.54) is 0 Å². The largest absolute Gasteiger partial charge is 0.497 e. The summed E-state index contributed by atoms with van der Waals surface area (Å²) in [5.74, 6) is 2.78. The van der Waals surface area contributed by atoms with Crippen molar-refractivity contribution in [2.45, 2.75) is 0 Å². The van der Waals surface area contributed by atoms with Crippen molar-refractivity contribution in [2.75, 3.05) is 74.6 Å². The first-order valence-corrected chi connectivity index (χ1v) is 14.9. The second kappa shape index (κ2) is 13.9. The van der Waals surface area contributed by atoms with Gasteiger partial charge in [0.2, 0.25) is 0 Å². The summed E-state index contributed by atoms with van der Waals surface area (Å²) in [6.07, 6.45) is 0. The average Bonchev–Trinajstić information content (AvgIpc) is 2.95. The lowest BCUT2D eigenvalue weighted by molar-refractivity contribution is 0.396. The van der Waals surface area contributed by atoms with Crippen LogP contribution < -0.4 is 50.4 Å². The first kappa shape index (κ1) is 29.8. The molecule has 10 heteroatoms. The maximum atomic E-state index is 14.0. The zero-order chi connectivity index (χ0) is 27.8. The van der Waals surface area contributed by atoms with Crippen molar-refractivity contribution >= 4 is 42.8 Å². The summed E-state index contributed by atoms with van der Waals surface area (Å²) in [5.41, 5.74) is 1.02. The number of benzene rings is 3. The molecule has 0 saturated heterocycles. The molecule has 0 fully saturated rings. The Hall–Kier alpha value is -2.76. The molecule has 1 unspecified atom stereocenters. The number of nitrogens with zero attached hydrogens (tertiary/aromatic N) is 2. The fourth-order valence-corrected chi connectivity index (χ4v) is 8.50. The highest BCUT2D eigenvalue weighted by Crippen LogP contribution is 2.43. The van der Waals surface area contributed by atoms with Crippen LogP contribution in [-0.2, 0) is 4.57 Å². The molecule has 0 radical (unpaired) electrons. The van der Waals surface area contributed by atoms with Crippen molar-refractivity contribution < 1.29 is 23.5 Å². The number of ether oxygens (including phenoxy) is 4. The molecule has 0 aliphatic heterocycles. The zero-order valence-corrected chi connectivity index (χ0v) is 25.4. The lowest BCUT2D eigenvalue weighted by Gasteiger charge is -2.28.